The zero-order valence-corrected chi connectivity index (χ0v) is 11.3. The minimum Gasteiger partial charge on any atom is -0.481 e. The van der Waals surface area contributed by atoms with E-state index < -0.39 is 17.1 Å². The molecule has 0 aromatic carbocycles. The molecule has 6 heteroatoms. The number of urea groups is 1. The van der Waals surface area contributed by atoms with Gasteiger partial charge in [-0.15, -0.1) is 0 Å². The molecule has 2 rings (SSSR count). The Morgan fingerprint density at radius 2 is 1.79 bits per heavy atom. The lowest BCUT2D eigenvalue weighted by Gasteiger charge is -2.44. The molecule has 2 fully saturated rings. The van der Waals surface area contributed by atoms with Crippen molar-refractivity contribution in [2.45, 2.75) is 56.6 Å². The molecule has 0 radical (unpaired) electrons. The summed E-state index contributed by atoms with van der Waals surface area (Å²) in [7, 11) is 0. The van der Waals surface area contributed by atoms with Crippen molar-refractivity contribution in [1.82, 2.24) is 10.2 Å². The normalized spacial score (nSPS) is 24.4. The molecule has 19 heavy (non-hydrogen) atoms. The number of carbonyl (C=O) groups is 2. The molecule has 1 aliphatic carbocycles. The number of hydrogen-bond donors (Lipinski definition) is 3. The Balaban J connectivity index is 1.88. The molecular formula is C13H22N2O4. The van der Waals surface area contributed by atoms with Gasteiger partial charge in [0.15, 0.2) is 0 Å². The number of hydrogen-bond acceptors (Lipinski definition) is 3. The quantitative estimate of drug-likeness (QED) is 0.712. The van der Waals surface area contributed by atoms with Gasteiger partial charge in [0.1, 0.15) is 0 Å². The van der Waals surface area contributed by atoms with Crippen LogP contribution in [0.1, 0.15) is 45.4 Å². The van der Waals surface area contributed by atoms with Gasteiger partial charge in [-0.2, -0.15) is 0 Å². The van der Waals surface area contributed by atoms with E-state index in [0.29, 0.717) is 25.9 Å². The first-order valence-electron chi connectivity index (χ1n) is 6.83. The second-order valence-electron chi connectivity index (χ2n) is 6.12. The number of nitrogens with zero attached hydrogens (tertiary/aromatic N) is 1. The van der Waals surface area contributed by atoms with E-state index in [1.807, 2.05) is 0 Å². The smallest absolute Gasteiger partial charge is 0.317 e. The highest BCUT2D eigenvalue weighted by atomic mass is 16.4. The summed E-state index contributed by atoms with van der Waals surface area (Å²) in [5.41, 5.74) is -1.24. The van der Waals surface area contributed by atoms with E-state index >= 15 is 0 Å². The summed E-state index contributed by atoms with van der Waals surface area (Å²) < 4.78 is 0. The van der Waals surface area contributed by atoms with E-state index in [0.717, 1.165) is 19.3 Å². The van der Waals surface area contributed by atoms with E-state index in [9.17, 15) is 14.7 Å². The number of aliphatic carboxylic acids is 1. The highest BCUT2D eigenvalue weighted by molar-refractivity contribution is 5.77. The molecule has 3 N–H and O–H groups in total. The molecule has 2 aliphatic rings. The Kier molecular flexibility index (Phi) is 3.71. The maximum absolute atomic E-state index is 12.1. The minimum atomic E-state index is -0.874. The number of nitrogens with one attached hydrogen (secondary N) is 1. The molecule has 0 atom stereocenters. The van der Waals surface area contributed by atoms with E-state index in [-0.39, 0.29) is 12.5 Å². The molecule has 2 amide bonds. The monoisotopic (exact) mass is 270 g/mol. The van der Waals surface area contributed by atoms with Crippen LogP contribution < -0.4 is 5.32 Å². The van der Waals surface area contributed by atoms with Gasteiger partial charge in [0.2, 0.25) is 0 Å². The number of rotatable bonds is 3. The predicted octanol–water partition coefficient (Wildman–Crippen LogP) is 0.940. The van der Waals surface area contributed by atoms with Crippen LogP contribution in [0.25, 0.3) is 0 Å². The SMILES string of the molecule is CC1(O)CCN(C(=O)NC2(CC(=O)O)CCC2)CC1. The minimum absolute atomic E-state index is 0.00963. The molecule has 1 aliphatic heterocycles. The van der Waals surface area contributed by atoms with Crippen LogP contribution in [-0.2, 0) is 4.79 Å². The maximum atomic E-state index is 12.1. The fourth-order valence-electron chi connectivity index (χ4n) is 2.74. The van der Waals surface area contributed by atoms with E-state index in [4.69, 9.17) is 5.11 Å². The Bertz CT molecular complexity index is 367. The summed E-state index contributed by atoms with van der Waals surface area (Å²) in [6.07, 6.45) is 3.54. The van der Waals surface area contributed by atoms with Crippen LogP contribution in [0.3, 0.4) is 0 Å². The third kappa shape index (κ3) is 3.37. The number of carboxylic acids is 1. The first-order valence-corrected chi connectivity index (χ1v) is 6.83. The van der Waals surface area contributed by atoms with Crippen LogP contribution >= 0.6 is 0 Å². The average molecular weight is 270 g/mol. The van der Waals surface area contributed by atoms with E-state index in [1.54, 1.807) is 11.8 Å². The third-order valence-corrected chi connectivity index (χ3v) is 4.30. The zero-order valence-electron chi connectivity index (χ0n) is 11.3. The Hall–Kier alpha value is -1.30. The van der Waals surface area contributed by atoms with Crippen molar-refractivity contribution in [3.05, 3.63) is 0 Å². The van der Waals surface area contributed by atoms with Gasteiger partial charge in [-0.1, -0.05) is 0 Å². The number of carbonyl (C=O) groups excluding carboxylic acids is 1. The van der Waals surface area contributed by atoms with Gasteiger partial charge in [0, 0.05) is 13.1 Å². The van der Waals surface area contributed by atoms with E-state index in [2.05, 4.69) is 5.32 Å². The zero-order chi connectivity index (χ0) is 14.1. The topological polar surface area (TPSA) is 89.9 Å². The van der Waals surface area contributed by atoms with Gasteiger partial charge >= 0.3 is 12.0 Å². The van der Waals surface area contributed by atoms with E-state index in [1.165, 1.54) is 0 Å². The molecule has 1 saturated heterocycles. The molecule has 6 nitrogen and oxygen atoms in total. The summed E-state index contributed by atoms with van der Waals surface area (Å²) in [4.78, 5) is 24.7. The lowest BCUT2D eigenvalue weighted by Crippen LogP contribution is -2.59. The first-order chi connectivity index (χ1) is 8.82. The Morgan fingerprint density at radius 3 is 2.21 bits per heavy atom. The fourth-order valence-corrected chi connectivity index (χ4v) is 2.74. The number of aliphatic hydroxyl groups is 1. The molecular weight excluding hydrogens is 248 g/mol. The lowest BCUT2D eigenvalue weighted by atomic mass is 9.74. The van der Waals surface area contributed by atoms with Gasteiger partial charge in [0.05, 0.1) is 17.6 Å². The summed E-state index contributed by atoms with van der Waals surface area (Å²) in [6, 6.07) is -0.198. The Morgan fingerprint density at radius 1 is 1.21 bits per heavy atom. The molecule has 0 aromatic heterocycles. The first kappa shape index (κ1) is 14.1. The summed E-state index contributed by atoms with van der Waals surface area (Å²) in [5.74, 6) is -0.874. The van der Waals surface area contributed by atoms with Crippen LogP contribution in [0.2, 0.25) is 0 Å². The van der Waals surface area contributed by atoms with Crippen LogP contribution in [0, 0.1) is 0 Å². The van der Waals surface area contributed by atoms with Gasteiger partial charge in [-0.3, -0.25) is 4.79 Å². The summed E-state index contributed by atoms with van der Waals surface area (Å²) >= 11 is 0. The fraction of sp³-hybridized carbons (Fsp3) is 0.846. The lowest BCUT2D eigenvalue weighted by molar-refractivity contribution is -0.139. The third-order valence-electron chi connectivity index (χ3n) is 4.30. The van der Waals surface area contributed by atoms with Crippen molar-refractivity contribution in [1.29, 1.82) is 0 Å². The predicted molar refractivity (Wildman–Crippen MR) is 68.8 cm³/mol. The molecule has 0 unspecified atom stereocenters. The van der Waals surface area contributed by atoms with Crippen molar-refractivity contribution in [2.24, 2.45) is 0 Å². The van der Waals surface area contributed by atoms with Crippen LogP contribution in [-0.4, -0.2) is 51.3 Å². The summed E-state index contributed by atoms with van der Waals surface area (Å²) in [6.45, 7) is 2.81. The van der Waals surface area contributed by atoms with Crippen LogP contribution in [0.4, 0.5) is 4.79 Å². The van der Waals surface area contributed by atoms with Gasteiger partial charge in [-0.05, 0) is 39.0 Å². The number of carboxylic acid groups (broad SMARTS) is 1. The van der Waals surface area contributed by atoms with Crippen molar-refractivity contribution in [3.63, 3.8) is 0 Å². The molecule has 108 valence electrons. The highest BCUT2D eigenvalue weighted by Gasteiger charge is 2.41. The molecule has 1 heterocycles. The molecule has 0 spiro atoms. The van der Waals surface area contributed by atoms with Gasteiger partial charge < -0.3 is 20.4 Å². The molecule has 0 bridgehead atoms. The number of likely N-dealkylation sites (tertiary alicyclic amines) is 1. The van der Waals surface area contributed by atoms with Crippen LogP contribution in [0.5, 0.6) is 0 Å². The second kappa shape index (κ2) is 5.00. The second-order valence-corrected chi connectivity index (χ2v) is 6.12. The van der Waals surface area contributed by atoms with Crippen LogP contribution in [0.15, 0.2) is 0 Å². The van der Waals surface area contributed by atoms with Crippen molar-refractivity contribution in [3.8, 4) is 0 Å². The largest absolute Gasteiger partial charge is 0.481 e. The van der Waals surface area contributed by atoms with Gasteiger partial charge in [0.25, 0.3) is 0 Å². The average Bonchev–Trinajstić information content (AvgIpc) is 2.25. The Labute approximate surface area is 112 Å². The standard InChI is InChI=1S/C13H22N2O4/c1-12(19)5-7-15(8-6-12)11(18)14-13(3-2-4-13)9-10(16)17/h19H,2-9H2,1H3,(H,14,18)(H,16,17). The highest BCUT2D eigenvalue weighted by Crippen LogP contribution is 2.35. The van der Waals surface area contributed by atoms with Crippen molar-refractivity contribution < 1.29 is 19.8 Å². The van der Waals surface area contributed by atoms with Crippen molar-refractivity contribution >= 4 is 12.0 Å². The number of piperidine rings is 1. The van der Waals surface area contributed by atoms with Crippen molar-refractivity contribution in [2.75, 3.05) is 13.1 Å². The molecule has 1 saturated carbocycles. The maximum Gasteiger partial charge on any atom is 0.317 e. The molecule has 0 aromatic rings. The van der Waals surface area contributed by atoms with Gasteiger partial charge in [-0.25, -0.2) is 4.79 Å². The summed E-state index contributed by atoms with van der Waals surface area (Å²) in [5, 5.41) is 21.6. The number of amides is 2.